The van der Waals surface area contributed by atoms with Gasteiger partial charge in [-0.2, -0.15) is 0 Å². The number of rotatable bonds is 2. The van der Waals surface area contributed by atoms with Crippen molar-refractivity contribution in [2.45, 2.75) is 0 Å². The largest absolute Gasteiger partial charge is 0.328 e. The highest BCUT2D eigenvalue weighted by atomic mass is 31.0. The van der Waals surface area contributed by atoms with Gasteiger partial charge in [-0.25, -0.2) is 4.52 Å². The average Bonchev–Trinajstić information content (AvgIpc) is 1.41. The number of hydrogen-bond donors (Lipinski definition) is 1. The zero-order valence-electron chi connectivity index (χ0n) is 3.11. The molecule has 1 atom stereocenters. The van der Waals surface area contributed by atoms with Crippen molar-refractivity contribution in [3.63, 3.8) is 0 Å². The quantitative estimate of drug-likeness (QED) is 0.467. The molecule has 0 heterocycles. The maximum Gasteiger partial charge on any atom is 0.107 e. The zero-order chi connectivity index (χ0) is 4.12. The Labute approximate surface area is 34.0 Å². The van der Waals surface area contributed by atoms with Crippen LogP contribution in [0.15, 0.2) is 0 Å². The van der Waals surface area contributed by atoms with Crippen LogP contribution in [-0.2, 0) is 4.52 Å². The van der Waals surface area contributed by atoms with Crippen molar-refractivity contribution in [1.82, 2.24) is 0 Å². The summed E-state index contributed by atoms with van der Waals surface area (Å²) in [7, 11) is 1.47. The highest BCUT2D eigenvalue weighted by molar-refractivity contribution is 7.09. The van der Waals surface area contributed by atoms with Gasteiger partial charge < -0.3 is 5.73 Å². The van der Waals surface area contributed by atoms with E-state index >= 15 is 0 Å². The van der Waals surface area contributed by atoms with Crippen LogP contribution in [0, 0.1) is 0 Å². The van der Waals surface area contributed by atoms with Crippen molar-refractivity contribution in [2.24, 2.45) is 5.73 Å². The van der Waals surface area contributed by atoms with Crippen LogP contribution in [0.3, 0.4) is 0 Å². The second-order valence-electron chi connectivity index (χ2n) is 0.697. The van der Waals surface area contributed by atoms with E-state index < -0.39 is 0 Å². The minimum absolute atomic E-state index is 0.628. The summed E-state index contributed by atoms with van der Waals surface area (Å²) >= 11 is 0. The maximum atomic E-state index is 5.02. The van der Waals surface area contributed by atoms with Gasteiger partial charge in [-0.3, -0.25) is 0 Å². The molecule has 0 aliphatic heterocycles. The molecule has 0 aliphatic rings. The molecule has 0 bridgehead atoms. The van der Waals surface area contributed by atoms with Gasteiger partial charge >= 0.3 is 0 Å². The van der Waals surface area contributed by atoms with Gasteiger partial charge in [0, 0.05) is 6.54 Å². The fraction of sp³-hybridized carbons (Fsp3) is 1.00. The van der Waals surface area contributed by atoms with Crippen molar-refractivity contribution in [3.05, 3.63) is 0 Å². The van der Waals surface area contributed by atoms with E-state index in [0.717, 1.165) is 0 Å². The van der Waals surface area contributed by atoms with Crippen LogP contribution in [0.2, 0.25) is 0 Å². The Morgan fingerprint density at radius 3 is 2.40 bits per heavy atom. The van der Waals surface area contributed by atoms with E-state index in [1.165, 1.54) is 9.47 Å². The Bertz CT molecular complexity index is 17.1. The molecule has 0 aromatic heterocycles. The molecule has 1 unspecified atom stereocenters. The van der Waals surface area contributed by atoms with E-state index in [1.807, 2.05) is 0 Å². The van der Waals surface area contributed by atoms with E-state index in [-0.39, 0.29) is 0 Å². The fourth-order valence-corrected chi connectivity index (χ4v) is 0.250. The summed E-state index contributed by atoms with van der Waals surface area (Å²) in [6.07, 6.45) is 0. The number of nitrogens with two attached hydrogens (primary N) is 1. The monoisotopic (exact) mass is 94.0 g/mol. The molecule has 0 radical (unpaired) electrons. The second-order valence-corrected chi connectivity index (χ2v) is 1.11. The highest BCUT2D eigenvalue weighted by Gasteiger charge is 1.70. The smallest absolute Gasteiger partial charge is 0.107 e. The molecule has 2 N–H and O–H groups in total. The first-order valence-corrected chi connectivity index (χ1v) is 2.06. The molecule has 0 rings (SSSR count). The van der Waals surface area contributed by atoms with Gasteiger partial charge in [-0.05, 0) is 0 Å². The van der Waals surface area contributed by atoms with Crippen LogP contribution in [0.25, 0.3) is 0 Å². The molecule has 0 spiro atoms. The maximum absolute atomic E-state index is 5.02. The first-order valence-electron chi connectivity index (χ1n) is 1.49. The van der Waals surface area contributed by atoms with Gasteiger partial charge in [0.05, 0.1) is 0 Å². The average molecular weight is 94.1 g/mol. The summed E-state index contributed by atoms with van der Waals surface area (Å²) < 4.78 is 4.59. The molecule has 0 saturated heterocycles. The van der Waals surface area contributed by atoms with Crippen LogP contribution in [0.1, 0.15) is 0 Å². The molecule has 0 aromatic rings. The predicted octanol–water partition coefficient (Wildman–Crippen LogP) is -0.516. The molecule has 0 saturated carbocycles. The molecule has 0 amide bonds. The third-order valence-corrected chi connectivity index (χ3v) is 0.551. The second kappa shape index (κ2) is 4.35. The van der Waals surface area contributed by atoms with Gasteiger partial charge in [-0.1, -0.05) is 0 Å². The normalized spacial score (nSPS) is 9.00. The lowest BCUT2D eigenvalue weighted by atomic mass is 10.8. The van der Waals surface area contributed by atoms with Crippen LogP contribution in [0.4, 0.5) is 0 Å². The summed E-state index contributed by atoms with van der Waals surface area (Å²) in [5.74, 6) is 0. The molecule has 3 heteroatoms. The lowest BCUT2D eigenvalue weighted by Crippen LogP contribution is -2.03. The van der Waals surface area contributed by atoms with Gasteiger partial charge in [-0.15, -0.1) is 0 Å². The Hall–Kier alpha value is 0.350. The van der Waals surface area contributed by atoms with Crippen molar-refractivity contribution in [3.8, 4) is 0 Å². The first kappa shape index (κ1) is 5.35. The summed E-state index contributed by atoms with van der Waals surface area (Å²) in [5.41, 5.74) is 5.02. The van der Waals surface area contributed by atoms with Crippen LogP contribution in [-0.4, -0.2) is 13.2 Å². The minimum atomic E-state index is 0.628. The summed E-state index contributed by atoms with van der Waals surface area (Å²) in [6.45, 7) is 1.31. The molecule has 0 aromatic carbocycles. The highest BCUT2D eigenvalue weighted by Crippen LogP contribution is 1.77. The fourth-order valence-electron chi connectivity index (χ4n) is 0.0833. The lowest BCUT2D eigenvalue weighted by Gasteiger charge is -1.78. The van der Waals surface area contributed by atoms with Gasteiger partial charge in [0.2, 0.25) is 0 Å². The molecular weight excluding hydrogens is 85.0 g/mol. The Morgan fingerprint density at radius 2 is 2.40 bits per heavy atom. The third kappa shape index (κ3) is 4.35. The summed E-state index contributed by atoms with van der Waals surface area (Å²) in [5, 5.41) is 0. The third-order valence-electron chi connectivity index (χ3n) is 0.262. The lowest BCUT2D eigenvalue weighted by molar-refractivity contribution is 0.384. The number of hydrogen-bond acceptors (Lipinski definition) is 2. The minimum Gasteiger partial charge on any atom is -0.328 e. The standard InChI is InChI=1S/C2H9NOP/c3-1-2-4-5/h1-3H2,5H3/q+1. The zero-order valence-corrected chi connectivity index (χ0v) is 4.52. The van der Waals surface area contributed by atoms with E-state index in [4.69, 9.17) is 5.73 Å². The van der Waals surface area contributed by atoms with Gasteiger partial charge in [0.1, 0.15) is 16.1 Å². The van der Waals surface area contributed by atoms with Crippen molar-refractivity contribution in [2.75, 3.05) is 13.2 Å². The first-order chi connectivity index (χ1) is 2.41. The van der Waals surface area contributed by atoms with Crippen LogP contribution in [0.5, 0.6) is 0 Å². The Balaban J connectivity index is 2.19. The topological polar surface area (TPSA) is 35.2 Å². The van der Waals surface area contributed by atoms with Crippen LogP contribution < -0.4 is 5.73 Å². The molecule has 0 aliphatic carbocycles. The van der Waals surface area contributed by atoms with Crippen molar-refractivity contribution < 1.29 is 4.52 Å². The van der Waals surface area contributed by atoms with Gasteiger partial charge in [0.25, 0.3) is 0 Å². The molecule has 2 nitrogen and oxygen atoms in total. The SMILES string of the molecule is NCCO[PH3+]. The van der Waals surface area contributed by atoms with E-state index in [0.29, 0.717) is 13.2 Å². The summed E-state index contributed by atoms with van der Waals surface area (Å²) in [6, 6.07) is 0. The van der Waals surface area contributed by atoms with E-state index in [9.17, 15) is 0 Å². The van der Waals surface area contributed by atoms with E-state index in [1.54, 1.807) is 0 Å². The molecule has 5 heavy (non-hydrogen) atoms. The molecule has 0 fully saturated rings. The van der Waals surface area contributed by atoms with Gasteiger partial charge in [0.15, 0.2) is 0 Å². The predicted molar refractivity (Wildman–Crippen MR) is 26.1 cm³/mol. The molecular formula is C2H9NOP+. The Kier molecular flexibility index (Phi) is 4.65. The summed E-state index contributed by atoms with van der Waals surface area (Å²) in [4.78, 5) is 0. The van der Waals surface area contributed by atoms with Crippen molar-refractivity contribution >= 4 is 9.47 Å². The van der Waals surface area contributed by atoms with Crippen LogP contribution >= 0.6 is 9.47 Å². The van der Waals surface area contributed by atoms with E-state index in [2.05, 4.69) is 4.52 Å². The molecule has 32 valence electrons. The Morgan fingerprint density at radius 1 is 1.80 bits per heavy atom. The van der Waals surface area contributed by atoms with Crippen molar-refractivity contribution in [1.29, 1.82) is 0 Å².